The molecule has 1 fully saturated rings. The number of rotatable bonds is 2. The Kier molecular flexibility index (Phi) is 3.75. The minimum atomic E-state index is -0.310. The molecule has 0 saturated carbocycles. The number of aromatic nitrogens is 3. The second-order valence-corrected chi connectivity index (χ2v) is 7.06. The highest BCUT2D eigenvalue weighted by Gasteiger charge is 2.46. The minimum Gasteiger partial charge on any atom is -0.376 e. The summed E-state index contributed by atoms with van der Waals surface area (Å²) < 4.78 is 10.9. The zero-order valence-corrected chi connectivity index (χ0v) is 14.7. The van der Waals surface area contributed by atoms with Crippen molar-refractivity contribution in [1.82, 2.24) is 20.0 Å². The van der Waals surface area contributed by atoms with Gasteiger partial charge in [0.05, 0.1) is 30.5 Å². The molecule has 0 unspecified atom stereocenters. The molecule has 0 aliphatic carbocycles. The molecule has 1 amide bonds. The van der Waals surface area contributed by atoms with Crippen molar-refractivity contribution >= 4 is 5.91 Å². The first-order chi connectivity index (χ1) is 13.3. The summed E-state index contributed by atoms with van der Waals surface area (Å²) in [4.78, 5) is 23.9. The Morgan fingerprint density at radius 1 is 1.19 bits per heavy atom. The van der Waals surface area contributed by atoms with E-state index in [4.69, 9.17) is 14.2 Å². The number of fused-ring (bicyclic) bond motifs is 2. The third-order valence-electron chi connectivity index (χ3n) is 5.32. The molecule has 2 aliphatic rings. The lowest BCUT2D eigenvalue weighted by molar-refractivity contribution is 0.0477. The van der Waals surface area contributed by atoms with E-state index >= 15 is 0 Å². The molecule has 3 aromatic rings. The van der Waals surface area contributed by atoms with Crippen LogP contribution in [0.3, 0.4) is 0 Å². The first-order valence-electron chi connectivity index (χ1n) is 8.95. The predicted molar refractivity (Wildman–Crippen MR) is 95.8 cm³/mol. The molecule has 2 aliphatic heterocycles. The van der Waals surface area contributed by atoms with E-state index in [1.54, 1.807) is 11.0 Å². The number of hydrogen-bond donors (Lipinski definition) is 0. The van der Waals surface area contributed by atoms with Gasteiger partial charge in [0, 0.05) is 36.5 Å². The summed E-state index contributed by atoms with van der Waals surface area (Å²) in [7, 11) is 0. The Morgan fingerprint density at radius 2 is 2.07 bits per heavy atom. The Balaban J connectivity index is 1.50. The zero-order valence-electron chi connectivity index (χ0n) is 14.7. The van der Waals surface area contributed by atoms with Crippen LogP contribution in [-0.4, -0.2) is 45.6 Å². The van der Waals surface area contributed by atoms with Crippen LogP contribution in [0.15, 0.2) is 53.3 Å². The summed E-state index contributed by atoms with van der Waals surface area (Å²) in [6.07, 6.45) is 4.13. The third-order valence-corrected chi connectivity index (χ3v) is 5.32. The van der Waals surface area contributed by atoms with Gasteiger partial charge in [-0.2, -0.15) is 0 Å². The van der Waals surface area contributed by atoms with Crippen molar-refractivity contribution in [3.63, 3.8) is 0 Å². The van der Waals surface area contributed by atoms with Gasteiger partial charge in [0.2, 0.25) is 5.76 Å². The van der Waals surface area contributed by atoms with Crippen LogP contribution in [-0.2, 0) is 16.8 Å². The second-order valence-electron chi connectivity index (χ2n) is 7.06. The fourth-order valence-electron chi connectivity index (χ4n) is 3.96. The molecule has 1 atom stereocenters. The lowest BCUT2D eigenvalue weighted by Crippen LogP contribution is -2.41. The van der Waals surface area contributed by atoms with E-state index in [0.717, 1.165) is 23.2 Å². The number of carbonyl (C=O) groups excluding carboxylic acids is 1. The number of nitrogens with zero attached hydrogens (tertiary/aromatic N) is 4. The number of hydrogen-bond acceptors (Lipinski definition) is 6. The molecule has 4 heterocycles. The Morgan fingerprint density at radius 3 is 2.89 bits per heavy atom. The van der Waals surface area contributed by atoms with Crippen LogP contribution in [0.4, 0.5) is 0 Å². The summed E-state index contributed by atoms with van der Waals surface area (Å²) in [5, 5.41) is 3.63. The van der Waals surface area contributed by atoms with Crippen molar-refractivity contribution in [1.29, 1.82) is 0 Å². The molecule has 2 aromatic heterocycles. The molecule has 0 radical (unpaired) electrons. The van der Waals surface area contributed by atoms with E-state index in [0.29, 0.717) is 32.1 Å². The average Bonchev–Trinajstić information content (AvgIpc) is 3.39. The highest BCUT2D eigenvalue weighted by atomic mass is 16.5. The lowest BCUT2D eigenvalue weighted by Gasteiger charge is -2.34. The van der Waals surface area contributed by atoms with Crippen LogP contribution in [0.1, 0.15) is 28.2 Å². The standard InChI is InChI=1S/C20H18N4O3/c25-19(16-6-8-22-27-16)24-9-7-20(12-24)13-26-11-15-10-21-18(23-17(15)20)14-4-2-1-3-5-14/h1-6,8,10H,7,9,11-13H2/t20-/m1/s1. The lowest BCUT2D eigenvalue weighted by atomic mass is 9.80. The van der Waals surface area contributed by atoms with E-state index in [1.165, 1.54) is 6.20 Å². The zero-order chi connectivity index (χ0) is 18.3. The number of benzene rings is 1. The molecule has 1 spiro atoms. The van der Waals surface area contributed by atoms with E-state index in [2.05, 4.69) is 10.1 Å². The quantitative estimate of drug-likeness (QED) is 0.696. The van der Waals surface area contributed by atoms with Crippen LogP contribution < -0.4 is 0 Å². The summed E-state index contributed by atoms with van der Waals surface area (Å²) in [5.41, 5.74) is 2.66. The Hall–Kier alpha value is -3.06. The predicted octanol–water partition coefficient (Wildman–Crippen LogP) is 2.45. The van der Waals surface area contributed by atoms with Gasteiger partial charge in [-0.1, -0.05) is 35.5 Å². The maximum Gasteiger partial charge on any atom is 0.292 e. The SMILES string of the molecule is O=C(c1ccno1)N1CC[C@]2(COCc3cnc(-c4ccccc4)nc32)C1. The van der Waals surface area contributed by atoms with Crippen LogP contribution in [0.2, 0.25) is 0 Å². The van der Waals surface area contributed by atoms with Gasteiger partial charge in [0.1, 0.15) is 0 Å². The first-order valence-corrected chi connectivity index (χ1v) is 8.95. The van der Waals surface area contributed by atoms with Crippen LogP contribution in [0.5, 0.6) is 0 Å². The highest BCUT2D eigenvalue weighted by Crippen LogP contribution is 2.40. The fourth-order valence-corrected chi connectivity index (χ4v) is 3.96. The van der Waals surface area contributed by atoms with Gasteiger partial charge < -0.3 is 14.2 Å². The molecule has 5 rings (SSSR count). The molecule has 1 aromatic carbocycles. The highest BCUT2D eigenvalue weighted by molar-refractivity contribution is 5.91. The summed E-state index contributed by atoms with van der Waals surface area (Å²) in [6, 6.07) is 11.5. The smallest absolute Gasteiger partial charge is 0.292 e. The van der Waals surface area contributed by atoms with Crippen molar-refractivity contribution in [2.24, 2.45) is 0 Å². The first kappa shape index (κ1) is 16.1. The van der Waals surface area contributed by atoms with Crippen molar-refractivity contribution in [3.05, 3.63) is 65.8 Å². The van der Waals surface area contributed by atoms with Gasteiger partial charge in [-0.25, -0.2) is 9.97 Å². The van der Waals surface area contributed by atoms with Crippen LogP contribution in [0, 0.1) is 0 Å². The minimum absolute atomic E-state index is 0.145. The van der Waals surface area contributed by atoms with Crippen molar-refractivity contribution in [2.45, 2.75) is 18.4 Å². The monoisotopic (exact) mass is 362 g/mol. The number of likely N-dealkylation sites (tertiary alicyclic amines) is 1. The Bertz CT molecular complexity index is 974. The van der Waals surface area contributed by atoms with Crippen LogP contribution in [0.25, 0.3) is 11.4 Å². The van der Waals surface area contributed by atoms with Gasteiger partial charge in [0.15, 0.2) is 5.82 Å². The topological polar surface area (TPSA) is 81.4 Å². The molecule has 0 bridgehead atoms. The third kappa shape index (κ3) is 2.71. The molecular formula is C20H18N4O3. The molecule has 1 saturated heterocycles. The fraction of sp³-hybridized carbons (Fsp3) is 0.300. The summed E-state index contributed by atoms with van der Waals surface area (Å²) in [6.45, 7) is 2.23. The van der Waals surface area contributed by atoms with Gasteiger partial charge in [-0.3, -0.25) is 4.79 Å². The van der Waals surface area contributed by atoms with Gasteiger partial charge >= 0.3 is 0 Å². The van der Waals surface area contributed by atoms with E-state index in [9.17, 15) is 4.79 Å². The number of ether oxygens (including phenoxy) is 1. The van der Waals surface area contributed by atoms with Crippen LogP contribution >= 0.6 is 0 Å². The van der Waals surface area contributed by atoms with Crippen molar-refractivity contribution in [3.8, 4) is 11.4 Å². The Labute approximate surface area is 156 Å². The van der Waals surface area contributed by atoms with Gasteiger partial charge in [-0.15, -0.1) is 0 Å². The van der Waals surface area contributed by atoms with Crippen molar-refractivity contribution in [2.75, 3.05) is 19.7 Å². The number of carbonyl (C=O) groups is 1. The molecule has 0 N–H and O–H groups in total. The van der Waals surface area contributed by atoms with E-state index < -0.39 is 0 Å². The summed E-state index contributed by atoms with van der Waals surface area (Å²) in [5.74, 6) is 0.820. The second kappa shape index (κ2) is 6.28. The van der Waals surface area contributed by atoms with E-state index in [1.807, 2.05) is 36.5 Å². The molecule has 136 valence electrons. The molecule has 7 nitrogen and oxygen atoms in total. The maximum absolute atomic E-state index is 12.7. The molecular weight excluding hydrogens is 344 g/mol. The van der Waals surface area contributed by atoms with E-state index in [-0.39, 0.29) is 17.1 Å². The van der Waals surface area contributed by atoms with Gasteiger partial charge in [0.25, 0.3) is 5.91 Å². The van der Waals surface area contributed by atoms with Gasteiger partial charge in [-0.05, 0) is 6.42 Å². The average molecular weight is 362 g/mol. The molecule has 7 heteroatoms. The molecule has 27 heavy (non-hydrogen) atoms. The summed E-state index contributed by atoms with van der Waals surface area (Å²) >= 11 is 0. The number of amides is 1. The van der Waals surface area contributed by atoms with Crippen molar-refractivity contribution < 1.29 is 14.1 Å². The largest absolute Gasteiger partial charge is 0.376 e. The maximum atomic E-state index is 12.7. The normalized spacial score (nSPS) is 21.4.